The Hall–Kier alpha value is -1.59. The molecule has 0 radical (unpaired) electrons. The van der Waals surface area contributed by atoms with E-state index in [0.717, 1.165) is 5.69 Å². The van der Waals surface area contributed by atoms with Gasteiger partial charge >= 0.3 is 5.97 Å². The fourth-order valence-electron chi connectivity index (χ4n) is 1.69. The summed E-state index contributed by atoms with van der Waals surface area (Å²) in [7, 11) is 4.52. The van der Waals surface area contributed by atoms with Crippen LogP contribution in [0.25, 0.3) is 0 Å². The average Bonchev–Trinajstić information content (AvgIpc) is 2.39. The van der Waals surface area contributed by atoms with Crippen molar-refractivity contribution < 1.29 is 19.0 Å². The van der Waals surface area contributed by atoms with E-state index in [2.05, 4.69) is 10.1 Å². The topological polar surface area (TPSA) is 56.8 Å². The molecule has 1 N–H and O–H groups in total. The molecule has 0 aromatic heterocycles. The molecule has 5 nitrogen and oxygen atoms in total. The highest BCUT2D eigenvalue weighted by Gasteiger charge is 2.15. The maximum Gasteiger partial charge on any atom is 0.337 e. The lowest BCUT2D eigenvalue weighted by Gasteiger charge is -2.23. The van der Waals surface area contributed by atoms with Crippen LogP contribution >= 0.6 is 0 Å². The lowest BCUT2D eigenvalue weighted by atomic mass is 10.2. The van der Waals surface area contributed by atoms with Crippen molar-refractivity contribution in [3.05, 3.63) is 29.8 Å². The molecule has 1 unspecified atom stereocenters. The molecule has 0 bridgehead atoms. The van der Waals surface area contributed by atoms with E-state index in [0.29, 0.717) is 5.56 Å². The normalized spacial score (nSPS) is 12.3. The van der Waals surface area contributed by atoms with Crippen LogP contribution in [0.15, 0.2) is 24.3 Å². The van der Waals surface area contributed by atoms with Crippen molar-refractivity contribution >= 4 is 11.7 Å². The van der Waals surface area contributed by atoms with Crippen molar-refractivity contribution in [1.82, 2.24) is 0 Å². The molecule has 0 saturated carbocycles. The summed E-state index contributed by atoms with van der Waals surface area (Å²) in [5.74, 6) is -0.360. The Morgan fingerprint density at radius 2 is 1.89 bits per heavy atom. The van der Waals surface area contributed by atoms with Crippen LogP contribution in [-0.4, -0.2) is 39.6 Å². The van der Waals surface area contributed by atoms with Gasteiger partial charge < -0.3 is 19.5 Å². The molecule has 0 aliphatic carbocycles. The third kappa shape index (κ3) is 3.72. The predicted molar refractivity (Wildman–Crippen MR) is 68.7 cm³/mol. The summed E-state index contributed by atoms with van der Waals surface area (Å²) in [5.41, 5.74) is 1.31. The number of methoxy groups -OCH3 is 3. The van der Waals surface area contributed by atoms with Crippen molar-refractivity contribution in [3.8, 4) is 0 Å². The van der Waals surface area contributed by atoms with Crippen LogP contribution in [0.5, 0.6) is 0 Å². The summed E-state index contributed by atoms with van der Waals surface area (Å²) < 4.78 is 15.0. The first-order chi connectivity index (χ1) is 8.62. The molecule has 1 atom stereocenters. The van der Waals surface area contributed by atoms with Gasteiger partial charge in [-0.15, -0.1) is 0 Å². The molecule has 5 heteroatoms. The minimum atomic E-state index is -0.360. The van der Waals surface area contributed by atoms with Crippen LogP contribution in [0.1, 0.15) is 17.3 Å². The number of esters is 1. The molecular formula is C13H19NO4. The molecular weight excluding hydrogens is 234 g/mol. The Balaban J connectivity index is 2.75. The second kappa shape index (κ2) is 6.98. The number of anilines is 1. The number of hydrogen-bond acceptors (Lipinski definition) is 5. The SMILES string of the molecule is COC(=O)c1cccc(NC(C)C(OC)OC)c1. The quantitative estimate of drug-likeness (QED) is 0.619. The first kappa shape index (κ1) is 14.5. The third-order valence-electron chi connectivity index (χ3n) is 2.55. The molecule has 0 amide bonds. The van der Waals surface area contributed by atoms with Crippen LogP contribution < -0.4 is 5.32 Å². The van der Waals surface area contributed by atoms with Gasteiger partial charge in [-0.2, -0.15) is 0 Å². The summed E-state index contributed by atoms with van der Waals surface area (Å²) in [6.45, 7) is 1.93. The first-order valence-electron chi connectivity index (χ1n) is 5.63. The lowest BCUT2D eigenvalue weighted by molar-refractivity contribution is -0.109. The number of nitrogens with one attached hydrogen (secondary N) is 1. The van der Waals surface area contributed by atoms with Crippen molar-refractivity contribution in [2.24, 2.45) is 0 Å². The van der Waals surface area contributed by atoms with Gasteiger partial charge in [0.2, 0.25) is 0 Å². The first-order valence-corrected chi connectivity index (χ1v) is 5.63. The van der Waals surface area contributed by atoms with E-state index in [1.54, 1.807) is 32.4 Å². The fourth-order valence-corrected chi connectivity index (χ4v) is 1.69. The number of ether oxygens (including phenoxy) is 3. The Kier molecular flexibility index (Phi) is 5.61. The van der Waals surface area contributed by atoms with Crippen molar-refractivity contribution in [2.45, 2.75) is 19.3 Å². The van der Waals surface area contributed by atoms with Crippen LogP contribution in [0.4, 0.5) is 5.69 Å². The summed E-state index contributed by atoms with van der Waals surface area (Å²) in [5, 5.41) is 3.21. The third-order valence-corrected chi connectivity index (χ3v) is 2.55. The van der Waals surface area contributed by atoms with Crippen molar-refractivity contribution in [2.75, 3.05) is 26.6 Å². The number of hydrogen-bond donors (Lipinski definition) is 1. The molecule has 18 heavy (non-hydrogen) atoms. The zero-order chi connectivity index (χ0) is 13.5. The highest BCUT2D eigenvalue weighted by Crippen LogP contribution is 2.14. The Bertz CT molecular complexity index is 390. The van der Waals surface area contributed by atoms with Gasteiger partial charge in [0.05, 0.1) is 18.7 Å². The van der Waals surface area contributed by atoms with Crippen molar-refractivity contribution in [3.63, 3.8) is 0 Å². The number of carbonyl (C=O) groups excluding carboxylic acids is 1. The largest absolute Gasteiger partial charge is 0.465 e. The zero-order valence-corrected chi connectivity index (χ0v) is 11.1. The van der Waals surface area contributed by atoms with E-state index in [9.17, 15) is 4.79 Å². The second-order valence-corrected chi connectivity index (χ2v) is 3.85. The van der Waals surface area contributed by atoms with Gasteiger partial charge in [0.15, 0.2) is 6.29 Å². The summed E-state index contributed by atoms with van der Waals surface area (Å²) in [6.07, 6.45) is -0.355. The van der Waals surface area contributed by atoms with E-state index in [1.807, 2.05) is 13.0 Å². The monoisotopic (exact) mass is 253 g/mol. The summed E-state index contributed by atoms with van der Waals surface area (Å²) >= 11 is 0. The number of carbonyl (C=O) groups is 1. The minimum absolute atomic E-state index is 0.0482. The molecule has 0 aliphatic heterocycles. The van der Waals surface area contributed by atoms with Crippen LogP contribution in [0.2, 0.25) is 0 Å². The molecule has 0 spiro atoms. The van der Waals surface area contributed by atoms with E-state index >= 15 is 0 Å². The van der Waals surface area contributed by atoms with Crippen LogP contribution in [0, 0.1) is 0 Å². The highest BCUT2D eigenvalue weighted by atomic mass is 16.7. The fraction of sp³-hybridized carbons (Fsp3) is 0.462. The average molecular weight is 253 g/mol. The molecule has 0 heterocycles. The predicted octanol–water partition coefficient (Wildman–Crippen LogP) is 1.89. The maximum absolute atomic E-state index is 11.4. The van der Waals surface area contributed by atoms with Gasteiger partial charge in [-0.25, -0.2) is 4.79 Å². The van der Waals surface area contributed by atoms with Gasteiger partial charge in [0.1, 0.15) is 0 Å². The van der Waals surface area contributed by atoms with E-state index in [4.69, 9.17) is 9.47 Å². The second-order valence-electron chi connectivity index (χ2n) is 3.85. The molecule has 0 aliphatic rings. The van der Waals surface area contributed by atoms with Gasteiger partial charge in [-0.1, -0.05) is 6.07 Å². The summed E-state index contributed by atoms with van der Waals surface area (Å²) in [4.78, 5) is 11.4. The van der Waals surface area contributed by atoms with Crippen LogP contribution in [-0.2, 0) is 14.2 Å². The van der Waals surface area contributed by atoms with E-state index < -0.39 is 0 Å². The molecule has 100 valence electrons. The Morgan fingerprint density at radius 1 is 1.22 bits per heavy atom. The highest BCUT2D eigenvalue weighted by molar-refractivity contribution is 5.90. The molecule has 1 aromatic carbocycles. The molecule has 0 saturated heterocycles. The molecule has 0 fully saturated rings. The lowest BCUT2D eigenvalue weighted by Crippen LogP contribution is -2.33. The standard InChI is InChI=1S/C13H19NO4/c1-9(13(17-3)18-4)14-11-7-5-6-10(8-11)12(15)16-2/h5-9,13-14H,1-4H3. The van der Waals surface area contributed by atoms with Crippen molar-refractivity contribution in [1.29, 1.82) is 0 Å². The van der Waals surface area contributed by atoms with Crippen LogP contribution in [0.3, 0.4) is 0 Å². The van der Waals surface area contributed by atoms with Gasteiger partial charge in [0, 0.05) is 19.9 Å². The smallest absolute Gasteiger partial charge is 0.337 e. The van der Waals surface area contributed by atoms with Gasteiger partial charge in [-0.05, 0) is 25.1 Å². The van der Waals surface area contributed by atoms with Gasteiger partial charge in [-0.3, -0.25) is 0 Å². The van der Waals surface area contributed by atoms with Gasteiger partial charge in [0.25, 0.3) is 0 Å². The Morgan fingerprint density at radius 3 is 2.44 bits per heavy atom. The van der Waals surface area contributed by atoms with E-state index in [-0.39, 0.29) is 18.3 Å². The maximum atomic E-state index is 11.4. The molecule has 1 rings (SSSR count). The zero-order valence-electron chi connectivity index (χ0n) is 11.1. The minimum Gasteiger partial charge on any atom is -0.465 e. The van der Waals surface area contributed by atoms with E-state index in [1.165, 1.54) is 7.11 Å². The Labute approximate surface area is 107 Å². The number of benzene rings is 1. The molecule has 1 aromatic rings. The summed E-state index contributed by atoms with van der Waals surface area (Å²) in [6, 6.07) is 7.03. The number of rotatable bonds is 6.